The van der Waals surface area contributed by atoms with E-state index in [1.807, 2.05) is 50.2 Å². The van der Waals surface area contributed by atoms with Crippen LogP contribution in [0.4, 0.5) is 34.1 Å². The second kappa shape index (κ2) is 20.3. The molecule has 0 N–H and O–H groups in total. The van der Waals surface area contributed by atoms with E-state index in [1.165, 1.54) is 12.1 Å². The smallest absolute Gasteiger partial charge is 0.269 e. The van der Waals surface area contributed by atoms with Gasteiger partial charge in [-0.25, -0.2) is 0 Å². The molecule has 0 aliphatic rings. The molecular formula is C45H50N4O5. The van der Waals surface area contributed by atoms with Gasteiger partial charge < -0.3 is 19.1 Å². The third-order valence-electron chi connectivity index (χ3n) is 8.78. The summed E-state index contributed by atoms with van der Waals surface area (Å²) < 4.78 is 18.0. The van der Waals surface area contributed by atoms with E-state index in [0.717, 1.165) is 108 Å². The molecule has 5 rings (SSSR count). The highest BCUT2D eigenvalue weighted by Crippen LogP contribution is 2.36. The lowest BCUT2D eigenvalue weighted by molar-refractivity contribution is -0.384. The topological polar surface area (TPSA) is 98.8 Å². The van der Waals surface area contributed by atoms with Crippen LogP contribution >= 0.6 is 0 Å². The summed E-state index contributed by atoms with van der Waals surface area (Å²) in [6, 6.07) is 35.1. The minimum absolute atomic E-state index is 0.0209. The van der Waals surface area contributed by atoms with Gasteiger partial charge in [-0.05, 0) is 141 Å². The Labute approximate surface area is 319 Å². The van der Waals surface area contributed by atoms with Crippen molar-refractivity contribution < 1.29 is 19.1 Å². The Morgan fingerprint density at radius 1 is 0.648 bits per heavy atom. The molecule has 0 saturated carbocycles. The van der Waals surface area contributed by atoms with Gasteiger partial charge in [-0.3, -0.25) is 10.1 Å². The number of anilines is 3. The van der Waals surface area contributed by atoms with E-state index in [-0.39, 0.29) is 5.69 Å². The number of unbranched alkanes of at least 4 members (excludes halogenated alkanes) is 3. The predicted octanol–water partition coefficient (Wildman–Crippen LogP) is 13.3. The van der Waals surface area contributed by atoms with Crippen molar-refractivity contribution in [1.82, 2.24) is 0 Å². The summed E-state index contributed by atoms with van der Waals surface area (Å²) in [5.41, 5.74) is 7.49. The largest absolute Gasteiger partial charge is 0.494 e. The summed E-state index contributed by atoms with van der Waals surface area (Å²) in [5, 5.41) is 19.5. The van der Waals surface area contributed by atoms with Gasteiger partial charge in [0.1, 0.15) is 17.2 Å². The molecule has 9 nitrogen and oxygen atoms in total. The molecule has 5 aromatic carbocycles. The van der Waals surface area contributed by atoms with E-state index in [9.17, 15) is 10.1 Å². The van der Waals surface area contributed by atoms with Gasteiger partial charge in [-0.2, -0.15) is 10.2 Å². The van der Waals surface area contributed by atoms with Crippen LogP contribution in [0.2, 0.25) is 0 Å². The molecule has 0 unspecified atom stereocenters. The third-order valence-corrected chi connectivity index (χ3v) is 8.78. The van der Waals surface area contributed by atoms with Crippen LogP contribution in [0.25, 0.3) is 6.08 Å². The number of hydrogen-bond donors (Lipinski definition) is 0. The fraction of sp³-hybridized carbons (Fsp3) is 0.289. The normalized spacial score (nSPS) is 11.3. The van der Waals surface area contributed by atoms with Crippen LogP contribution in [0.5, 0.6) is 17.2 Å². The predicted molar refractivity (Wildman–Crippen MR) is 219 cm³/mol. The molecule has 0 atom stereocenters. The van der Waals surface area contributed by atoms with E-state index >= 15 is 0 Å². The van der Waals surface area contributed by atoms with Crippen LogP contribution < -0.4 is 19.1 Å². The molecule has 0 aromatic heterocycles. The number of rotatable bonds is 20. The zero-order chi connectivity index (χ0) is 38.1. The number of nitrogens with zero attached hydrogens (tertiary/aromatic N) is 4. The summed E-state index contributed by atoms with van der Waals surface area (Å²) in [6.45, 7) is 10.3. The molecule has 0 aliphatic carbocycles. The fourth-order valence-corrected chi connectivity index (χ4v) is 5.63. The van der Waals surface area contributed by atoms with E-state index in [1.54, 1.807) is 12.1 Å². The average molecular weight is 727 g/mol. The fourth-order valence-electron chi connectivity index (χ4n) is 5.63. The zero-order valence-electron chi connectivity index (χ0n) is 31.7. The van der Waals surface area contributed by atoms with Crippen LogP contribution in [-0.2, 0) is 0 Å². The van der Waals surface area contributed by atoms with Gasteiger partial charge in [-0.1, -0.05) is 51.0 Å². The van der Waals surface area contributed by atoms with Gasteiger partial charge in [0, 0.05) is 29.2 Å². The number of nitro benzene ring substituents is 1. The zero-order valence-corrected chi connectivity index (χ0v) is 31.7. The number of hydrogen-bond acceptors (Lipinski definition) is 8. The average Bonchev–Trinajstić information content (AvgIpc) is 3.19. The number of aryl methyl sites for hydroxylation is 2. The molecule has 0 saturated heterocycles. The first-order chi connectivity index (χ1) is 26.3. The second-order valence-corrected chi connectivity index (χ2v) is 13.1. The lowest BCUT2D eigenvalue weighted by Crippen LogP contribution is -2.10. The standard InChI is InChI=1S/C45H50N4O5/c1-5-7-29-52-42-25-21-39(22-26-42)48(40-23-27-43(28-24-40)53-30-8-6-2)38-17-13-36(14-18-38)12-10-9-11-31-54-45-33-34(3)44(32-35(45)4)47-46-37-15-19-41(20-16-37)49(50)51/h10,12-28,32-33H,5-9,11,29-31H2,1-4H3/b12-10+,47-46?. The number of azo groups is 1. The first-order valence-electron chi connectivity index (χ1n) is 18.8. The summed E-state index contributed by atoms with van der Waals surface area (Å²) in [7, 11) is 0. The number of non-ortho nitro benzene ring substituents is 1. The summed E-state index contributed by atoms with van der Waals surface area (Å²) in [4.78, 5) is 12.7. The molecule has 0 amide bonds. The minimum atomic E-state index is -0.435. The molecule has 0 spiro atoms. The summed E-state index contributed by atoms with van der Waals surface area (Å²) in [6.07, 6.45) is 10.4. The van der Waals surface area contributed by atoms with Crippen molar-refractivity contribution in [3.63, 3.8) is 0 Å². The van der Waals surface area contributed by atoms with Crippen LogP contribution in [0, 0.1) is 24.0 Å². The lowest BCUT2D eigenvalue weighted by Gasteiger charge is -2.26. The maximum atomic E-state index is 10.9. The quantitative estimate of drug-likeness (QED) is 0.0343. The molecular weight excluding hydrogens is 677 g/mol. The molecule has 9 heteroatoms. The number of nitro groups is 1. The molecule has 5 aromatic rings. The monoisotopic (exact) mass is 726 g/mol. The first-order valence-corrected chi connectivity index (χ1v) is 18.8. The van der Waals surface area contributed by atoms with Gasteiger partial charge in [0.05, 0.1) is 36.1 Å². The van der Waals surface area contributed by atoms with Crippen LogP contribution in [0.15, 0.2) is 125 Å². The van der Waals surface area contributed by atoms with Gasteiger partial charge >= 0.3 is 0 Å². The van der Waals surface area contributed by atoms with E-state index < -0.39 is 4.92 Å². The second-order valence-electron chi connectivity index (χ2n) is 13.1. The van der Waals surface area contributed by atoms with Crippen molar-refractivity contribution in [3.8, 4) is 17.2 Å². The Bertz CT molecular complexity index is 1920. The highest BCUT2D eigenvalue weighted by molar-refractivity contribution is 5.77. The van der Waals surface area contributed by atoms with Gasteiger partial charge in [0.25, 0.3) is 5.69 Å². The van der Waals surface area contributed by atoms with Gasteiger partial charge in [0.2, 0.25) is 0 Å². The van der Waals surface area contributed by atoms with Gasteiger partial charge in [-0.15, -0.1) is 0 Å². The SMILES string of the molecule is CCCCOc1ccc(N(c2ccc(/C=C/CCCOc3cc(C)c(N=Nc4ccc([N+](=O)[O-])cc4)cc3C)cc2)c2ccc(OCCCC)cc2)cc1. The molecule has 54 heavy (non-hydrogen) atoms. The molecule has 0 fully saturated rings. The highest BCUT2D eigenvalue weighted by atomic mass is 16.6. The molecule has 280 valence electrons. The summed E-state index contributed by atoms with van der Waals surface area (Å²) >= 11 is 0. The molecule has 0 radical (unpaired) electrons. The minimum Gasteiger partial charge on any atom is -0.494 e. The van der Waals surface area contributed by atoms with Crippen LogP contribution in [0.3, 0.4) is 0 Å². The van der Waals surface area contributed by atoms with Crippen molar-refractivity contribution >= 4 is 40.2 Å². The Balaban J connectivity index is 1.17. The van der Waals surface area contributed by atoms with Crippen molar-refractivity contribution in [2.24, 2.45) is 10.2 Å². The number of ether oxygens (including phenoxy) is 3. The number of allylic oxidation sites excluding steroid dienone is 1. The summed E-state index contributed by atoms with van der Waals surface area (Å²) in [5.74, 6) is 2.58. The van der Waals surface area contributed by atoms with E-state index in [2.05, 4.69) is 89.7 Å². The third kappa shape index (κ3) is 11.5. The van der Waals surface area contributed by atoms with E-state index in [0.29, 0.717) is 12.3 Å². The van der Waals surface area contributed by atoms with Crippen molar-refractivity contribution in [3.05, 3.63) is 142 Å². The van der Waals surface area contributed by atoms with Crippen LogP contribution in [0.1, 0.15) is 69.1 Å². The Morgan fingerprint density at radius 3 is 1.72 bits per heavy atom. The van der Waals surface area contributed by atoms with Crippen molar-refractivity contribution in [1.29, 1.82) is 0 Å². The molecule has 0 bridgehead atoms. The Hall–Kier alpha value is -5.96. The lowest BCUT2D eigenvalue weighted by atomic mass is 10.1. The van der Waals surface area contributed by atoms with Gasteiger partial charge in [0.15, 0.2) is 0 Å². The van der Waals surface area contributed by atoms with Crippen LogP contribution in [-0.4, -0.2) is 24.7 Å². The molecule has 0 aliphatic heterocycles. The maximum absolute atomic E-state index is 10.9. The number of benzene rings is 5. The first kappa shape index (κ1) is 39.3. The molecule has 0 heterocycles. The van der Waals surface area contributed by atoms with Crippen molar-refractivity contribution in [2.75, 3.05) is 24.7 Å². The Kier molecular flexibility index (Phi) is 14.8. The maximum Gasteiger partial charge on any atom is 0.269 e. The van der Waals surface area contributed by atoms with E-state index in [4.69, 9.17) is 14.2 Å². The Morgan fingerprint density at radius 2 is 1.19 bits per heavy atom. The highest BCUT2D eigenvalue weighted by Gasteiger charge is 2.13. The van der Waals surface area contributed by atoms with Crippen molar-refractivity contribution in [2.45, 2.75) is 66.2 Å².